The summed E-state index contributed by atoms with van der Waals surface area (Å²) in [7, 11) is 1.87. The first-order valence-electron chi connectivity index (χ1n) is 5.58. The quantitative estimate of drug-likeness (QED) is 0.687. The predicted molar refractivity (Wildman–Crippen MR) is 67.2 cm³/mol. The van der Waals surface area contributed by atoms with Gasteiger partial charge in [-0.05, 0) is 30.3 Å². The van der Waals surface area contributed by atoms with Crippen molar-refractivity contribution in [3.8, 4) is 11.5 Å². The van der Waals surface area contributed by atoms with Crippen molar-refractivity contribution in [2.24, 2.45) is 7.05 Å². The van der Waals surface area contributed by atoms with Gasteiger partial charge in [-0.1, -0.05) is 12.1 Å². The average Bonchev–Trinajstić information content (AvgIpc) is 2.74. The minimum atomic E-state index is -0.371. The second-order valence-corrected chi connectivity index (χ2v) is 4.02. The van der Waals surface area contributed by atoms with Crippen molar-refractivity contribution >= 4 is 10.9 Å². The number of halogens is 1. The van der Waals surface area contributed by atoms with Crippen molar-refractivity contribution in [1.82, 2.24) is 9.78 Å². The molecule has 18 heavy (non-hydrogen) atoms. The molecule has 0 aliphatic rings. The summed E-state index contributed by atoms with van der Waals surface area (Å²) < 4.78 is 20.7. The summed E-state index contributed by atoms with van der Waals surface area (Å²) in [5.41, 5.74) is 1.01. The van der Waals surface area contributed by atoms with Gasteiger partial charge in [0.15, 0.2) is 11.6 Å². The Balaban J connectivity index is 1.98. The fraction of sp³-hybridized carbons (Fsp3) is 0.0714. The van der Waals surface area contributed by atoms with Crippen LogP contribution in [0.25, 0.3) is 10.9 Å². The van der Waals surface area contributed by atoms with E-state index >= 15 is 0 Å². The summed E-state index contributed by atoms with van der Waals surface area (Å²) in [6.45, 7) is 0. The van der Waals surface area contributed by atoms with Gasteiger partial charge in [-0.3, -0.25) is 4.68 Å². The van der Waals surface area contributed by atoms with Crippen molar-refractivity contribution < 1.29 is 9.13 Å². The fourth-order valence-electron chi connectivity index (χ4n) is 1.86. The molecule has 2 aromatic carbocycles. The van der Waals surface area contributed by atoms with E-state index in [4.69, 9.17) is 4.74 Å². The van der Waals surface area contributed by atoms with Gasteiger partial charge in [-0.15, -0.1) is 0 Å². The van der Waals surface area contributed by atoms with Crippen LogP contribution in [0.2, 0.25) is 0 Å². The Morgan fingerprint density at radius 2 is 2.00 bits per heavy atom. The normalized spacial score (nSPS) is 10.8. The van der Waals surface area contributed by atoms with Crippen molar-refractivity contribution in [1.29, 1.82) is 0 Å². The Kier molecular flexibility index (Phi) is 2.48. The van der Waals surface area contributed by atoms with Crippen LogP contribution in [0.1, 0.15) is 0 Å². The van der Waals surface area contributed by atoms with Crippen molar-refractivity contribution in [3.05, 3.63) is 54.5 Å². The first-order valence-corrected chi connectivity index (χ1v) is 5.58. The van der Waals surface area contributed by atoms with Gasteiger partial charge in [0.1, 0.15) is 5.75 Å². The summed E-state index contributed by atoms with van der Waals surface area (Å²) in [5.74, 6) is 0.449. The van der Waals surface area contributed by atoms with Crippen LogP contribution in [-0.4, -0.2) is 9.78 Å². The van der Waals surface area contributed by atoms with Gasteiger partial charge in [0.05, 0.1) is 11.7 Å². The number of hydrogen-bond donors (Lipinski definition) is 0. The Labute approximate surface area is 103 Å². The second-order valence-electron chi connectivity index (χ2n) is 4.02. The molecule has 0 spiro atoms. The van der Waals surface area contributed by atoms with Gasteiger partial charge in [0.2, 0.25) is 0 Å². The van der Waals surface area contributed by atoms with Gasteiger partial charge in [0, 0.05) is 12.4 Å². The highest BCUT2D eigenvalue weighted by atomic mass is 19.1. The highest BCUT2D eigenvalue weighted by Gasteiger charge is 2.05. The number of nitrogens with zero attached hydrogens (tertiary/aromatic N) is 2. The number of hydrogen-bond acceptors (Lipinski definition) is 2. The van der Waals surface area contributed by atoms with E-state index in [-0.39, 0.29) is 11.6 Å². The second kappa shape index (κ2) is 4.14. The summed E-state index contributed by atoms with van der Waals surface area (Å²) >= 11 is 0. The molecule has 0 amide bonds. The molecule has 0 atom stereocenters. The first kappa shape index (κ1) is 10.8. The van der Waals surface area contributed by atoms with Gasteiger partial charge < -0.3 is 4.74 Å². The van der Waals surface area contributed by atoms with Crippen molar-refractivity contribution in [3.63, 3.8) is 0 Å². The Bertz CT molecular complexity index is 706. The molecule has 3 nitrogen and oxygen atoms in total. The minimum Gasteiger partial charge on any atom is -0.454 e. The van der Waals surface area contributed by atoms with Crippen LogP contribution < -0.4 is 4.74 Å². The third kappa shape index (κ3) is 1.82. The first-order chi connectivity index (χ1) is 8.74. The van der Waals surface area contributed by atoms with Crippen molar-refractivity contribution in [2.75, 3.05) is 0 Å². The van der Waals surface area contributed by atoms with E-state index in [2.05, 4.69) is 5.10 Å². The van der Waals surface area contributed by atoms with Gasteiger partial charge >= 0.3 is 0 Å². The van der Waals surface area contributed by atoms with Crippen LogP contribution in [0.5, 0.6) is 11.5 Å². The van der Waals surface area contributed by atoms with Crippen LogP contribution in [-0.2, 0) is 7.05 Å². The fourth-order valence-corrected chi connectivity index (χ4v) is 1.86. The third-order valence-electron chi connectivity index (χ3n) is 2.78. The number of ether oxygens (including phenoxy) is 1. The highest BCUT2D eigenvalue weighted by Crippen LogP contribution is 2.26. The number of benzene rings is 2. The van der Waals surface area contributed by atoms with Gasteiger partial charge in [-0.25, -0.2) is 4.39 Å². The van der Waals surface area contributed by atoms with Crippen LogP contribution in [0.3, 0.4) is 0 Å². The largest absolute Gasteiger partial charge is 0.454 e. The molecule has 0 saturated carbocycles. The molecule has 3 aromatic rings. The molecular weight excluding hydrogens is 231 g/mol. The predicted octanol–water partition coefficient (Wildman–Crippen LogP) is 3.50. The van der Waals surface area contributed by atoms with E-state index in [0.717, 1.165) is 10.9 Å². The maximum Gasteiger partial charge on any atom is 0.165 e. The lowest BCUT2D eigenvalue weighted by Gasteiger charge is -2.06. The molecule has 1 aromatic heterocycles. The van der Waals surface area contributed by atoms with Crippen LogP contribution in [0, 0.1) is 5.82 Å². The van der Waals surface area contributed by atoms with E-state index in [9.17, 15) is 4.39 Å². The zero-order valence-corrected chi connectivity index (χ0v) is 9.80. The highest BCUT2D eigenvalue weighted by molar-refractivity contribution is 5.80. The topological polar surface area (TPSA) is 27.1 Å². The zero-order chi connectivity index (χ0) is 12.5. The standard InChI is InChI=1S/C14H11FN2O/c1-17-13-7-6-11(8-10(13)9-16-17)18-14-5-3-2-4-12(14)15/h2-9H,1H3. The molecule has 90 valence electrons. The van der Waals surface area contributed by atoms with E-state index in [1.165, 1.54) is 6.07 Å². The SMILES string of the molecule is Cn1ncc2cc(Oc3ccccc3F)ccc21. The molecule has 1 heterocycles. The summed E-state index contributed by atoms with van der Waals surface area (Å²) in [6, 6.07) is 11.9. The molecule has 0 N–H and O–H groups in total. The smallest absolute Gasteiger partial charge is 0.165 e. The van der Waals surface area contributed by atoms with Crippen LogP contribution in [0.4, 0.5) is 4.39 Å². The molecule has 0 aliphatic heterocycles. The van der Waals surface area contributed by atoms with E-state index < -0.39 is 0 Å². The number of rotatable bonds is 2. The monoisotopic (exact) mass is 242 g/mol. The number of para-hydroxylation sites is 1. The third-order valence-corrected chi connectivity index (χ3v) is 2.78. The number of aromatic nitrogens is 2. The lowest BCUT2D eigenvalue weighted by atomic mass is 10.2. The molecule has 0 bridgehead atoms. The van der Waals surface area contributed by atoms with Crippen LogP contribution in [0.15, 0.2) is 48.7 Å². The number of fused-ring (bicyclic) bond motifs is 1. The molecular formula is C14H11FN2O. The lowest BCUT2D eigenvalue weighted by Crippen LogP contribution is -1.89. The summed E-state index contributed by atoms with van der Waals surface area (Å²) in [5, 5.41) is 5.11. The molecule has 4 heteroatoms. The molecule has 0 aliphatic carbocycles. The lowest BCUT2D eigenvalue weighted by molar-refractivity contribution is 0.443. The summed E-state index contributed by atoms with van der Waals surface area (Å²) in [6.07, 6.45) is 1.75. The molecule has 0 saturated heterocycles. The van der Waals surface area contributed by atoms with E-state index in [1.54, 1.807) is 35.1 Å². The molecule has 0 radical (unpaired) electrons. The van der Waals surface area contributed by atoms with E-state index in [1.807, 2.05) is 19.2 Å². The average molecular weight is 242 g/mol. The molecule has 0 fully saturated rings. The van der Waals surface area contributed by atoms with Crippen molar-refractivity contribution in [2.45, 2.75) is 0 Å². The molecule has 0 unspecified atom stereocenters. The number of aryl methyl sites for hydroxylation is 1. The maximum absolute atomic E-state index is 13.5. The van der Waals surface area contributed by atoms with Gasteiger partial charge in [0.25, 0.3) is 0 Å². The summed E-state index contributed by atoms with van der Waals surface area (Å²) in [4.78, 5) is 0. The Morgan fingerprint density at radius 3 is 2.83 bits per heavy atom. The molecule has 3 rings (SSSR count). The Morgan fingerprint density at radius 1 is 1.17 bits per heavy atom. The van der Waals surface area contributed by atoms with Crippen LogP contribution >= 0.6 is 0 Å². The zero-order valence-electron chi connectivity index (χ0n) is 9.80. The van der Waals surface area contributed by atoms with Gasteiger partial charge in [-0.2, -0.15) is 5.10 Å². The minimum absolute atomic E-state index is 0.223. The van der Waals surface area contributed by atoms with E-state index in [0.29, 0.717) is 5.75 Å². The Hall–Kier alpha value is -2.36. The maximum atomic E-state index is 13.5.